The van der Waals surface area contributed by atoms with Gasteiger partial charge in [0.1, 0.15) is 0 Å². The first-order chi connectivity index (χ1) is 8.95. The van der Waals surface area contributed by atoms with Crippen molar-refractivity contribution in [1.82, 2.24) is 0 Å². The van der Waals surface area contributed by atoms with Gasteiger partial charge in [0.25, 0.3) is 0 Å². The van der Waals surface area contributed by atoms with Gasteiger partial charge in [-0.1, -0.05) is 58.1 Å². The minimum atomic E-state index is -0.400. The van der Waals surface area contributed by atoms with Crippen LogP contribution < -0.4 is 5.32 Å². The first kappa shape index (κ1) is 15.3. The van der Waals surface area contributed by atoms with Gasteiger partial charge in [0.2, 0.25) is 5.91 Å². The summed E-state index contributed by atoms with van der Waals surface area (Å²) >= 11 is 0. The molecule has 0 saturated heterocycles. The van der Waals surface area contributed by atoms with Gasteiger partial charge in [-0.2, -0.15) is 0 Å². The molecule has 0 heterocycles. The lowest BCUT2D eigenvalue weighted by Crippen LogP contribution is -2.27. The van der Waals surface area contributed by atoms with E-state index >= 15 is 0 Å². The Balaban J connectivity index is 2.84. The van der Waals surface area contributed by atoms with E-state index in [4.69, 9.17) is 0 Å². The zero-order valence-electron chi connectivity index (χ0n) is 12.3. The molecule has 1 aromatic carbocycles. The summed E-state index contributed by atoms with van der Waals surface area (Å²) in [6, 6.07) is 7.69. The van der Waals surface area contributed by atoms with Crippen LogP contribution in [0, 0.1) is 17.3 Å². The predicted octanol–water partition coefficient (Wildman–Crippen LogP) is 4.21. The molecule has 2 heteroatoms. The summed E-state index contributed by atoms with van der Waals surface area (Å²) in [6.45, 7) is 7.85. The Morgan fingerprint density at radius 3 is 2.58 bits per heavy atom. The van der Waals surface area contributed by atoms with Crippen LogP contribution >= 0.6 is 0 Å². The fourth-order valence-electron chi connectivity index (χ4n) is 1.43. The standard InChI is InChI=1S/C17H23NO/c1-5-6-7-8-11-14-12-9-10-13-15(14)18-16(19)17(2,3)4/h9-10,12-13H,5-7H2,1-4H3,(H,18,19). The molecule has 0 unspecified atom stereocenters. The fourth-order valence-corrected chi connectivity index (χ4v) is 1.43. The quantitative estimate of drug-likeness (QED) is 0.637. The van der Waals surface area contributed by atoms with Crippen LogP contribution in [-0.2, 0) is 4.79 Å². The van der Waals surface area contributed by atoms with Gasteiger partial charge in [0.05, 0.1) is 5.69 Å². The summed E-state index contributed by atoms with van der Waals surface area (Å²) < 4.78 is 0. The van der Waals surface area contributed by atoms with Gasteiger partial charge in [-0.3, -0.25) is 4.79 Å². The largest absolute Gasteiger partial charge is 0.325 e. The molecule has 1 amide bonds. The third-order valence-electron chi connectivity index (χ3n) is 2.73. The average Bonchev–Trinajstić information content (AvgIpc) is 2.35. The van der Waals surface area contributed by atoms with Crippen molar-refractivity contribution in [3.8, 4) is 11.8 Å². The Labute approximate surface area is 116 Å². The highest BCUT2D eigenvalue weighted by molar-refractivity contribution is 5.95. The zero-order valence-corrected chi connectivity index (χ0v) is 12.3. The second kappa shape index (κ2) is 6.99. The van der Waals surface area contributed by atoms with Gasteiger partial charge in [0, 0.05) is 17.4 Å². The molecular formula is C17H23NO. The monoisotopic (exact) mass is 257 g/mol. The molecule has 1 rings (SSSR count). The fraction of sp³-hybridized carbons (Fsp3) is 0.471. The van der Waals surface area contributed by atoms with Crippen LogP contribution in [0.4, 0.5) is 5.69 Å². The number of anilines is 1. The van der Waals surface area contributed by atoms with Crippen molar-refractivity contribution in [1.29, 1.82) is 0 Å². The second-order valence-electron chi connectivity index (χ2n) is 5.66. The third-order valence-corrected chi connectivity index (χ3v) is 2.73. The minimum Gasteiger partial charge on any atom is -0.325 e. The van der Waals surface area contributed by atoms with Crippen LogP contribution in [-0.4, -0.2) is 5.91 Å². The third kappa shape index (κ3) is 5.18. The molecule has 0 radical (unpaired) electrons. The number of unbranched alkanes of at least 4 members (excludes halogenated alkanes) is 2. The summed E-state index contributed by atoms with van der Waals surface area (Å²) in [5, 5.41) is 2.95. The number of hydrogen-bond acceptors (Lipinski definition) is 1. The molecule has 2 nitrogen and oxygen atoms in total. The Morgan fingerprint density at radius 2 is 1.95 bits per heavy atom. The van der Waals surface area contributed by atoms with Gasteiger partial charge in [-0.15, -0.1) is 0 Å². The maximum atomic E-state index is 12.0. The van der Waals surface area contributed by atoms with E-state index in [1.807, 2.05) is 45.0 Å². The van der Waals surface area contributed by atoms with Crippen molar-refractivity contribution >= 4 is 11.6 Å². The second-order valence-corrected chi connectivity index (χ2v) is 5.66. The van der Waals surface area contributed by atoms with E-state index < -0.39 is 5.41 Å². The highest BCUT2D eigenvalue weighted by Crippen LogP contribution is 2.19. The average molecular weight is 257 g/mol. The lowest BCUT2D eigenvalue weighted by Gasteiger charge is -2.18. The lowest BCUT2D eigenvalue weighted by atomic mass is 9.95. The Bertz CT molecular complexity index is 486. The van der Waals surface area contributed by atoms with Crippen LogP contribution in [0.1, 0.15) is 52.5 Å². The van der Waals surface area contributed by atoms with Crippen LogP contribution in [0.3, 0.4) is 0 Å². The van der Waals surface area contributed by atoms with Crippen molar-refractivity contribution < 1.29 is 4.79 Å². The minimum absolute atomic E-state index is 0.00954. The molecule has 102 valence electrons. The van der Waals surface area contributed by atoms with E-state index in [-0.39, 0.29) is 5.91 Å². The summed E-state index contributed by atoms with van der Waals surface area (Å²) in [5.41, 5.74) is 1.28. The maximum Gasteiger partial charge on any atom is 0.229 e. The van der Waals surface area contributed by atoms with Crippen LogP contribution in [0.15, 0.2) is 24.3 Å². The first-order valence-corrected chi connectivity index (χ1v) is 6.84. The van der Waals surface area contributed by atoms with Gasteiger partial charge < -0.3 is 5.32 Å². The van der Waals surface area contributed by atoms with Crippen molar-refractivity contribution in [2.75, 3.05) is 5.32 Å². The van der Waals surface area contributed by atoms with E-state index in [0.717, 1.165) is 30.5 Å². The Morgan fingerprint density at radius 1 is 1.26 bits per heavy atom. The highest BCUT2D eigenvalue weighted by Gasteiger charge is 2.21. The summed E-state index contributed by atoms with van der Waals surface area (Å²) in [4.78, 5) is 12.0. The Hall–Kier alpha value is -1.75. The van der Waals surface area contributed by atoms with Gasteiger partial charge in [0.15, 0.2) is 0 Å². The molecule has 1 aromatic rings. The maximum absolute atomic E-state index is 12.0. The molecule has 0 aliphatic carbocycles. The Kier molecular flexibility index (Phi) is 5.63. The molecule has 19 heavy (non-hydrogen) atoms. The number of carbonyl (C=O) groups excluding carboxylic acids is 1. The smallest absolute Gasteiger partial charge is 0.229 e. The molecule has 0 saturated carbocycles. The van der Waals surface area contributed by atoms with Crippen molar-refractivity contribution in [3.05, 3.63) is 29.8 Å². The number of para-hydroxylation sites is 1. The van der Waals surface area contributed by atoms with Crippen LogP contribution in [0.2, 0.25) is 0 Å². The molecule has 0 aliphatic rings. The molecule has 0 spiro atoms. The summed E-state index contributed by atoms with van der Waals surface area (Å²) in [6.07, 6.45) is 3.17. The molecule has 0 aromatic heterocycles. The number of nitrogens with one attached hydrogen (secondary N) is 1. The van der Waals surface area contributed by atoms with E-state index in [1.54, 1.807) is 0 Å². The SMILES string of the molecule is CCCCC#Cc1ccccc1NC(=O)C(C)(C)C. The topological polar surface area (TPSA) is 29.1 Å². The van der Waals surface area contributed by atoms with Gasteiger partial charge in [-0.25, -0.2) is 0 Å². The number of benzene rings is 1. The zero-order chi connectivity index (χ0) is 14.3. The predicted molar refractivity (Wildman–Crippen MR) is 80.9 cm³/mol. The van der Waals surface area contributed by atoms with Gasteiger partial charge >= 0.3 is 0 Å². The van der Waals surface area contributed by atoms with Crippen molar-refractivity contribution in [3.63, 3.8) is 0 Å². The molecule has 0 aliphatic heterocycles. The molecule has 0 atom stereocenters. The van der Waals surface area contributed by atoms with Crippen molar-refractivity contribution in [2.45, 2.75) is 47.0 Å². The van der Waals surface area contributed by atoms with Crippen LogP contribution in [0.5, 0.6) is 0 Å². The van der Waals surface area contributed by atoms with Gasteiger partial charge in [-0.05, 0) is 18.6 Å². The van der Waals surface area contributed by atoms with E-state index in [0.29, 0.717) is 0 Å². The highest BCUT2D eigenvalue weighted by atomic mass is 16.2. The van der Waals surface area contributed by atoms with E-state index in [1.165, 1.54) is 0 Å². The first-order valence-electron chi connectivity index (χ1n) is 6.84. The summed E-state index contributed by atoms with van der Waals surface area (Å²) in [5.74, 6) is 6.30. The number of amides is 1. The van der Waals surface area contributed by atoms with Crippen molar-refractivity contribution in [2.24, 2.45) is 5.41 Å². The van der Waals surface area contributed by atoms with Crippen LogP contribution in [0.25, 0.3) is 0 Å². The van der Waals surface area contributed by atoms with E-state index in [2.05, 4.69) is 24.1 Å². The number of carbonyl (C=O) groups is 1. The molecule has 1 N–H and O–H groups in total. The normalized spacial score (nSPS) is 10.5. The molecule has 0 bridgehead atoms. The van der Waals surface area contributed by atoms with E-state index in [9.17, 15) is 4.79 Å². The molecule has 0 fully saturated rings. The summed E-state index contributed by atoms with van der Waals surface area (Å²) in [7, 11) is 0. The number of hydrogen-bond donors (Lipinski definition) is 1. The molecular weight excluding hydrogens is 234 g/mol. The lowest BCUT2D eigenvalue weighted by molar-refractivity contribution is -0.123. The number of rotatable bonds is 3.